The lowest BCUT2D eigenvalue weighted by atomic mass is 9.97. The van der Waals surface area contributed by atoms with Crippen molar-refractivity contribution in [2.24, 2.45) is 0 Å². The van der Waals surface area contributed by atoms with Crippen molar-refractivity contribution in [1.82, 2.24) is 4.90 Å². The highest BCUT2D eigenvalue weighted by atomic mass is 19.1. The van der Waals surface area contributed by atoms with Gasteiger partial charge in [0.15, 0.2) is 11.5 Å². The lowest BCUT2D eigenvalue weighted by Gasteiger charge is -2.34. The number of amides is 1. The molecule has 0 radical (unpaired) electrons. The van der Waals surface area contributed by atoms with Gasteiger partial charge in [0.1, 0.15) is 5.82 Å². The highest BCUT2D eigenvalue weighted by Gasteiger charge is 2.26. The summed E-state index contributed by atoms with van der Waals surface area (Å²) in [5.41, 5.74) is 2.48. The predicted octanol–water partition coefficient (Wildman–Crippen LogP) is 5.23. The fraction of sp³-hybridized carbons (Fsp3) is 0.269. The van der Waals surface area contributed by atoms with Crippen LogP contribution < -0.4 is 14.8 Å². The number of piperidine rings is 1. The van der Waals surface area contributed by atoms with Gasteiger partial charge >= 0.3 is 0 Å². The fourth-order valence-corrected chi connectivity index (χ4v) is 4.20. The number of nitrogens with one attached hydrogen (secondary N) is 1. The molecule has 1 heterocycles. The molecule has 1 fully saturated rings. The summed E-state index contributed by atoms with van der Waals surface area (Å²) in [6.45, 7) is 1.24. The number of likely N-dealkylation sites (tertiary alicyclic amines) is 1. The van der Waals surface area contributed by atoms with E-state index >= 15 is 0 Å². The molecule has 6 heteroatoms. The molecule has 1 aliphatic heterocycles. The van der Waals surface area contributed by atoms with Crippen LogP contribution >= 0.6 is 0 Å². The molecule has 5 nitrogen and oxygen atoms in total. The Morgan fingerprint density at radius 2 is 1.69 bits per heavy atom. The summed E-state index contributed by atoms with van der Waals surface area (Å²) < 4.78 is 25.1. The van der Waals surface area contributed by atoms with Gasteiger partial charge in [0.25, 0.3) is 5.91 Å². The molecule has 0 aliphatic carbocycles. The van der Waals surface area contributed by atoms with Crippen molar-refractivity contribution >= 4 is 11.6 Å². The first-order valence-electron chi connectivity index (χ1n) is 10.7. The number of nitrogens with zero attached hydrogens (tertiary/aromatic N) is 1. The molecule has 1 atom stereocenters. The van der Waals surface area contributed by atoms with Crippen LogP contribution in [0.3, 0.4) is 0 Å². The monoisotopic (exact) mass is 434 g/mol. The van der Waals surface area contributed by atoms with Gasteiger partial charge in [-0.3, -0.25) is 4.79 Å². The first-order valence-corrected chi connectivity index (χ1v) is 10.7. The summed E-state index contributed by atoms with van der Waals surface area (Å²) in [5.74, 6) is 0.908. The highest BCUT2D eigenvalue weighted by Crippen LogP contribution is 2.31. The lowest BCUT2D eigenvalue weighted by Crippen LogP contribution is -2.45. The lowest BCUT2D eigenvalue weighted by molar-refractivity contribution is 0.0715. The first-order chi connectivity index (χ1) is 15.6. The highest BCUT2D eigenvalue weighted by molar-refractivity contribution is 6.01. The van der Waals surface area contributed by atoms with Gasteiger partial charge in [-0.25, -0.2) is 4.39 Å². The topological polar surface area (TPSA) is 50.8 Å². The van der Waals surface area contributed by atoms with Crippen molar-refractivity contribution in [1.29, 1.82) is 0 Å². The maximum absolute atomic E-state index is 14.4. The van der Waals surface area contributed by atoms with E-state index < -0.39 is 0 Å². The minimum absolute atomic E-state index is 0.0809. The molecular formula is C26H27FN2O3. The fourth-order valence-electron chi connectivity index (χ4n) is 4.20. The summed E-state index contributed by atoms with van der Waals surface area (Å²) in [6, 6.07) is 19.6. The maximum Gasteiger partial charge on any atom is 0.254 e. The van der Waals surface area contributed by atoms with Crippen molar-refractivity contribution in [2.45, 2.75) is 18.9 Å². The average Bonchev–Trinajstić information content (AvgIpc) is 2.84. The van der Waals surface area contributed by atoms with E-state index in [1.165, 1.54) is 6.07 Å². The number of hydrogen-bond donors (Lipinski definition) is 1. The summed E-state index contributed by atoms with van der Waals surface area (Å²) in [5, 5.41) is 3.51. The van der Waals surface area contributed by atoms with Crippen molar-refractivity contribution in [3.8, 4) is 22.6 Å². The number of benzene rings is 3. The van der Waals surface area contributed by atoms with Gasteiger partial charge in [-0.2, -0.15) is 0 Å². The molecule has 0 aromatic heterocycles. The number of carbonyl (C=O) groups excluding carboxylic acids is 1. The van der Waals surface area contributed by atoms with E-state index in [1.54, 1.807) is 44.6 Å². The first kappa shape index (κ1) is 21.7. The average molecular weight is 435 g/mol. The largest absolute Gasteiger partial charge is 0.493 e. The number of carbonyl (C=O) groups is 1. The second kappa shape index (κ2) is 9.73. The van der Waals surface area contributed by atoms with Crippen LogP contribution in [0, 0.1) is 5.82 Å². The Morgan fingerprint density at radius 3 is 2.44 bits per heavy atom. The number of rotatable bonds is 6. The van der Waals surface area contributed by atoms with Gasteiger partial charge in [0.2, 0.25) is 0 Å². The molecule has 3 aromatic rings. The third kappa shape index (κ3) is 4.54. The molecule has 0 saturated carbocycles. The second-order valence-electron chi connectivity index (χ2n) is 7.83. The quantitative estimate of drug-likeness (QED) is 0.577. The van der Waals surface area contributed by atoms with Gasteiger partial charge in [-0.15, -0.1) is 0 Å². The standard InChI is InChI=1S/C26H27FN2O3/c1-31-24-14-13-18(16-25(24)32-2)28-19-8-7-15-29(17-19)26(30)22-11-4-3-9-20(22)21-10-5-6-12-23(21)27/h3-6,9-14,16,19,28H,7-8,15,17H2,1-2H3/t19-/m1/s1. The van der Waals surface area contributed by atoms with Crippen molar-refractivity contribution in [2.75, 3.05) is 32.6 Å². The summed E-state index contributed by atoms with van der Waals surface area (Å²) >= 11 is 0. The Balaban J connectivity index is 1.52. The van der Waals surface area contributed by atoms with Gasteiger partial charge in [-0.1, -0.05) is 36.4 Å². The Hall–Kier alpha value is -3.54. The third-order valence-corrected chi connectivity index (χ3v) is 5.78. The number of anilines is 1. The Bertz CT molecular complexity index is 1100. The zero-order valence-corrected chi connectivity index (χ0v) is 18.3. The Labute approximate surface area is 187 Å². The Kier molecular flexibility index (Phi) is 6.59. The van der Waals surface area contributed by atoms with Crippen LogP contribution in [0.4, 0.5) is 10.1 Å². The van der Waals surface area contributed by atoms with E-state index in [4.69, 9.17) is 9.47 Å². The molecule has 3 aromatic carbocycles. The van der Waals surface area contributed by atoms with E-state index in [-0.39, 0.29) is 17.8 Å². The van der Waals surface area contributed by atoms with Crippen molar-refractivity contribution < 1.29 is 18.7 Å². The molecule has 1 aliphatic rings. The maximum atomic E-state index is 14.4. The predicted molar refractivity (Wildman–Crippen MR) is 124 cm³/mol. The molecule has 1 saturated heterocycles. The molecular weight excluding hydrogens is 407 g/mol. The molecule has 0 spiro atoms. The normalized spacial score (nSPS) is 15.8. The summed E-state index contributed by atoms with van der Waals surface area (Å²) in [4.78, 5) is 15.3. The molecule has 1 N–H and O–H groups in total. The summed E-state index contributed by atoms with van der Waals surface area (Å²) in [7, 11) is 3.21. The van der Waals surface area contributed by atoms with E-state index in [0.29, 0.717) is 41.3 Å². The van der Waals surface area contributed by atoms with E-state index in [2.05, 4.69) is 5.32 Å². The van der Waals surface area contributed by atoms with E-state index in [1.807, 2.05) is 35.2 Å². The number of halogens is 1. The van der Waals surface area contributed by atoms with E-state index in [9.17, 15) is 9.18 Å². The zero-order chi connectivity index (χ0) is 22.5. The van der Waals surface area contributed by atoms with Gasteiger partial charge in [0.05, 0.1) is 14.2 Å². The summed E-state index contributed by atoms with van der Waals surface area (Å²) in [6.07, 6.45) is 1.84. The third-order valence-electron chi connectivity index (χ3n) is 5.78. The van der Waals surface area contributed by atoms with Crippen molar-refractivity contribution in [3.63, 3.8) is 0 Å². The van der Waals surface area contributed by atoms with Crippen LogP contribution in [0.2, 0.25) is 0 Å². The van der Waals surface area contributed by atoms with Gasteiger partial charge in [-0.05, 0) is 42.7 Å². The molecule has 4 rings (SSSR count). The van der Waals surface area contributed by atoms with Crippen LogP contribution in [-0.2, 0) is 0 Å². The molecule has 0 bridgehead atoms. The number of methoxy groups -OCH3 is 2. The van der Waals surface area contributed by atoms with Crippen LogP contribution in [-0.4, -0.2) is 44.2 Å². The van der Waals surface area contributed by atoms with Crippen molar-refractivity contribution in [3.05, 3.63) is 78.1 Å². The molecule has 0 unspecified atom stereocenters. The van der Waals surface area contributed by atoms with Crippen LogP contribution in [0.25, 0.3) is 11.1 Å². The van der Waals surface area contributed by atoms with Crippen LogP contribution in [0.15, 0.2) is 66.7 Å². The van der Waals surface area contributed by atoms with E-state index in [0.717, 1.165) is 18.5 Å². The molecule has 32 heavy (non-hydrogen) atoms. The second-order valence-corrected chi connectivity index (χ2v) is 7.83. The molecule has 1 amide bonds. The number of ether oxygens (including phenoxy) is 2. The van der Waals surface area contributed by atoms with Crippen LogP contribution in [0.5, 0.6) is 11.5 Å². The smallest absolute Gasteiger partial charge is 0.254 e. The van der Waals surface area contributed by atoms with Crippen LogP contribution in [0.1, 0.15) is 23.2 Å². The molecule has 166 valence electrons. The van der Waals surface area contributed by atoms with Gasteiger partial charge < -0.3 is 19.7 Å². The SMILES string of the molecule is COc1ccc(N[C@@H]2CCCN(C(=O)c3ccccc3-c3ccccc3F)C2)cc1OC. The Morgan fingerprint density at radius 1 is 0.969 bits per heavy atom. The number of hydrogen-bond acceptors (Lipinski definition) is 4. The minimum atomic E-state index is -0.334. The minimum Gasteiger partial charge on any atom is -0.493 e. The van der Waals surface area contributed by atoms with Gasteiger partial charge in [0, 0.05) is 42.0 Å². The zero-order valence-electron chi connectivity index (χ0n) is 18.3.